The first-order valence-electron chi connectivity index (χ1n) is 8.30. The van der Waals surface area contributed by atoms with Crippen molar-refractivity contribution in [3.05, 3.63) is 54.1 Å². The minimum absolute atomic E-state index is 0.0104. The molecular formula is C19H19NO4S3. The van der Waals surface area contributed by atoms with E-state index in [2.05, 4.69) is 17.4 Å². The van der Waals surface area contributed by atoms with Gasteiger partial charge in [0.25, 0.3) is 5.91 Å². The van der Waals surface area contributed by atoms with E-state index in [1.54, 1.807) is 24.3 Å². The second-order valence-electron chi connectivity index (χ2n) is 5.69. The summed E-state index contributed by atoms with van der Waals surface area (Å²) in [6, 6.07) is 15.0. The van der Waals surface area contributed by atoms with Crippen LogP contribution in [0.3, 0.4) is 0 Å². The number of hydrogen-bond donors (Lipinski definition) is 2. The lowest BCUT2D eigenvalue weighted by atomic mass is 10.2. The molecule has 0 unspecified atom stereocenters. The van der Waals surface area contributed by atoms with Gasteiger partial charge in [-0.1, -0.05) is 12.1 Å². The van der Waals surface area contributed by atoms with E-state index in [-0.39, 0.29) is 18.3 Å². The average molecular weight is 422 g/mol. The minimum atomic E-state index is -0.858. The number of benzene rings is 2. The summed E-state index contributed by atoms with van der Waals surface area (Å²) in [7, 11) is 0. The van der Waals surface area contributed by atoms with Gasteiger partial charge in [-0.2, -0.15) is 0 Å². The molecular weight excluding hydrogens is 402 g/mol. The molecule has 1 amide bonds. The summed E-state index contributed by atoms with van der Waals surface area (Å²) in [5, 5.41) is 11.4. The Morgan fingerprint density at radius 3 is 2.37 bits per heavy atom. The van der Waals surface area contributed by atoms with E-state index in [4.69, 9.17) is 9.84 Å². The maximum absolute atomic E-state index is 12.0. The van der Waals surface area contributed by atoms with Crippen molar-refractivity contribution in [2.45, 2.75) is 9.48 Å². The van der Waals surface area contributed by atoms with Crippen LogP contribution < -0.4 is 10.1 Å². The first-order chi connectivity index (χ1) is 13.1. The van der Waals surface area contributed by atoms with Crippen LogP contribution in [0.4, 0.5) is 5.69 Å². The molecule has 1 heterocycles. The zero-order chi connectivity index (χ0) is 19.1. The van der Waals surface area contributed by atoms with Crippen LogP contribution in [-0.2, 0) is 9.59 Å². The lowest BCUT2D eigenvalue weighted by Gasteiger charge is -2.11. The van der Waals surface area contributed by atoms with Crippen molar-refractivity contribution in [3.8, 4) is 5.75 Å². The molecule has 2 aromatic rings. The number of anilines is 1. The molecule has 0 bridgehead atoms. The largest absolute Gasteiger partial charge is 0.484 e. The van der Waals surface area contributed by atoms with Crippen molar-refractivity contribution in [2.24, 2.45) is 0 Å². The Kier molecular flexibility index (Phi) is 7.37. The van der Waals surface area contributed by atoms with Crippen LogP contribution in [0.15, 0.2) is 53.4 Å². The Bertz CT molecular complexity index is 775. The zero-order valence-electron chi connectivity index (χ0n) is 14.4. The SMILES string of the molecule is O=C(O)CSc1ccc(NC(=O)COc2ccc(C3SCCS3)cc2)cc1. The molecule has 0 saturated carbocycles. The molecule has 1 saturated heterocycles. The number of carbonyl (C=O) groups excluding carboxylic acids is 1. The zero-order valence-corrected chi connectivity index (χ0v) is 16.9. The summed E-state index contributed by atoms with van der Waals surface area (Å²) in [6.07, 6.45) is 0. The summed E-state index contributed by atoms with van der Waals surface area (Å²) in [5.41, 5.74) is 1.93. The summed E-state index contributed by atoms with van der Waals surface area (Å²) >= 11 is 5.14. The second-order valence-corrected chi connectivity index (χ2v) is 9.46. The van der Waals surface area contributed by atoms with E-state index in [1.807, 2.05) is 35.7 Å². The van der Waals surface area contributed by atoms with Crippen LogP contribution in [0.5, 0.6) is 5.75 Å². The molecule has 0 aliphatic carbocycles. The molecule has 142 valence electrons. The fourth-order valence-corrected chi connectivity index (χ4v) is 5.88. The van der Waals surface area contributed by atoms with Crippen molar-refractivity contribution >= 4 is 52.8 Å². The number of carboxylic acids is 1. The molecule has 0 atom stereocenters. The van der Waals surface area contributed by atoms with Crippen LogP contribution in [0.1, 0.15) is 10.1 Å². The second kappa shape index (κ2) is 9.96. The van der Waals surface area contributed by atoms with Crippen molar-refractivity contribution < 1.29 is 19.4 Å². The monoisotopic (exact) mass is 421 g/mol. The Hall–Kier alpha value is -1.77. The highest BCUT2D eigenvalue weighted by atomic mass is 32.2. The number of rotatable bonds is 8. The van der Waals surface area contributed by atoms with Crippen molar-refractivity contribution in [1.29, 1.82) is 0 Å². The maximum atomic E-state index is 12.0. The first kappa shape index (κ1) is 20.0. The molecule has 0 radical (unpaired) electrons. The van der Waals surface area contributed by atoms with Crippen LogP contribution in [-0.4, -0.2) is 40.8 Å². The predicted molar refractivity (Wildman–Crippen MR) is 113 cm³/mol. The molecule has 27 heavy (non-hydrogen) atoms. The average Bonchev–Trinajstić information content (AvgIpc) is 3.21. The number of nitrogens with one attached hydrogen (secondary N) is 1. The number of amides is 1. The quantitative estimate of drug-likeness (QED) is 0.613. The maximum Gasteiger partial charge on any atom is 0.313 e. The van der Waals surface area contributed by atoms with E-state index >= 15 is 0 Å². The molecule has 0 spiro atoms. The molecule has 1 fully saturated rings. The van der Waals surface area contributed by atoms with Gasteiger partial charge in [-0.3, -0.25) is 9.59 Å². The number of thioether (sulfide) groups is 3. The van der Waals surface area contributed by atoms with Gasteiger partial charge in [0.05, 0.1) is 10.3 Å². The van der Waals surface area contributed by atoms with Gasteiger partial charge in [-0.25, -0.2) is 0 Å². The normalized spacial score (nSPS) is 14.1. The topological polar surface area (TPSA) is 75.6 Å². The number of aliphatic carboxylic acids is 1. The van der Waals surface area contributed by atoms with E-state index < -0.39 is 5.97 Å². The molecule has 2 N–H and O–H groups in total. The van der Waals surface area contributed by atoms with E-state index in [1.165, 1.54) is 28.8 Å². The third kappa shape index (κ3) is 6.41. The highest BCUT2D eigenvalue weighted by Crippen LogP contribution is 2.45. The summed E-state index contributed by atoms with van der Waals surface area (Å²) in [4.78, 5) is 23.4. The third-order valence-corrected chi connectivity index (χ3v) is 7.75. The number of carboxylic acid groups (broad SMARTS) is 1. The van der Waals surface area contributed by atoms with Gasteiger partial charge in [-0.15, -0.1) is 35.3 Å². The van der Waals surface area contributed by atoms with Gasteiger partial charge < -0.3 is 15.2 Å². The van der Waals surface area contributed by atoms with Gasteiger partial charge in [0.2, 0.25) is 0 Å². The van der Waals surface area contributed by atoms with Gasteiger partial charge in [0.1, 0.15) is 5.75 Å². The first-order valence-corrected chi connectivity index (χ1v) is 11.4. The summed E-state index contributed by atoms with van der Waals surface area (Å²) in [5.74, 6) is 1.95. The van der Waals surface area contributed by atoms with Crippen LogP contribution in [0.2, 0.25) is 0 Å². The fraction of sp³-hybridized carbons (Fsp3) is 0.263. The summed E-state index contributed by atoms with van der Waals surface area (Å²) in [6.45, 7) is -0.0677. The van der Waals surface area contributed by atoms with Crippen LogP contribution in [0, 0.1) is 0 Å². The molecule has 1 aliphatic rings. The van der Waals surface area contributed by atoms with E-state index in [9.17, 15) is 9.59 Å². The van der Waals surface area contributed by atoms with Gasteiger partial charge in [0, 0.05) is 22.1 Å². The molecule has 1 aliphatic heterocycles. The van der Waals surface area contributed by atoms with Crippen LogP contribution in [0.25, 0.3) is 0 Å². The fourth-order valence-electron chi connectivity index (χ4n) is 2.40. The lowest BCUT2D eigenvalue weighted by molar-refractivity contribution is -0.133. The molecule has 0 aromatic heterocycles. The van der Waals surface area contributed by atoms with Crippen molar-refractivity contribution in [1.82, 2.24) is 0 Å². The Morgan fingerprint density at radius 2 is 1.74 bits per heavy atom. The number of carbonyl (C=O) groups is 2. The highest BCUT2D eigenvalue weighted by Gasteiger charge is 2.18. The summed E-state index contributed by atoms with van der Waals surface area (Å²) < 4.78 is 6.05. The smallest absolute Gasteiger partial charge is 0.313 e. The van der Waals surface area contributed by atoms with Crippen molar-refractivity contribution in [2.75, 3.05) is 29.2 Å². The van der Waals surface area contributed by atoms with E-state index in [0.717, 1.165) is 4.90 Å². The highest BCUT2D eigenvalue weighted by molar-refractivity contribution is 8.19. The number of ether oxygens (including phenoxy) is 1. The minimum Gasteiger partial charge on any atom is -0.484 e. The third-order valence-electron chi connectivity index (χ3n) is 3.64. The van der Waals surface area contributed by atoms with E-state index in [0.29, 0.717) is 16.0 Å². The van der Waals surface area contributed by atoms with Crippen LogP contribution >= 0.6 is 35.3 Å². The Balaban J connectivity index is 1.44. The number of hydrogen-bond acceptors (Lipinski definition) is 6. The lowest BCUT2D eigenvalue weighted by Crippen LogP contribution is -2.20. The van der Waals surface area contributed by atoms with Gasteiger partial charge >= 0.3 is 5.97 Å². The molecule has 8 heteroatoms. The molecule has 2 aromatic carbocycles. The Labute approximate surface area is 170 Å². The standard InChI is InChI=1S/C19H19NO4S3/c21-17(20-14-3-7-16(8-4-14)27-12-18(22)23)11-24-15-5-1-13(2-6-15)19-25-9-10-26-19/h1-8,19H,9-12H2,(H,20,21)(H,22,23). The van der Waals surface area contributed by atoms with Gasteiger partial charge in [0.15, 0.2) is 6.61 Å². The predicted octanol–water partition coefficient (Wildman–Crippen LogP) is 4.36. The van der Waals surface area contributed by atoms with Gasteiger partial charge in [-0.05, 0) is 42.0 Å². The Morgan fingerprint density at radius 1 is 1.07 bits per heavy atom. The molecule has 5 nitrogen and oxygen atoms in total. The molecule has 3 rings (SSSR count). The van der Waals surface area contributed by atoms with Crippen molar-refractivity contribution in [3.63, 3.8) is 0 Å².